The summed E-state index contributed by atoms with van der Waals surface area (Å²) in [4.78, 5) is 27.6. The maximum atomic E-state index is 12.4. The largest absolute Gasteiger partial charge is 0.339 e. The Morgan fingerprint density at radius 1 is 0.950 bits per heavy atom. The van der Waals surface area contributed by atoms with E-state index in [1.165, 1.54) is 5.56 Å². The van der Waals surface area contributed by atoms with Gasteiger partial charge < -0.3 is 9.80 Å². The van der Waals surface area contributed by atoms with Crippen LogP contribution in [0, 0.1) is 0 Å². The summed E-state index contributed by atoms with van der Waals surface area (Å²) >= 11 is 0. The van der Waals surface area contributed by atoms with Crippen molar-refractivity contribution in [3.05, 3.63) is 35.4 Å². The molecule has 4 nitrogen and oxygen atoms in total. The number of carbonyl (C=O) groups excluding carboxylic acids is 2. The molecule has 1 aromatic carbocycles. The first-order chi connectivity index (χ1) is 9.65. The molecule has 1 aliphatic heterocycles. The van der Waals surface area contributed by atoms with Crippen LogP contribution in [0.4, 0.5) is 0 Å². The Labute approximate surface area is 120 Å². The van der Waals surface area contributed by atoms with Crippen LogP contribution >= 0.6 is 0 Å². The number of aryl methyl sites for hydroxylation is 1. The second-order valence-electron chi connectivity index (χ2n) is 5.08. The zero-order valence-corrected chi connectivity index (χ0v) is 12.3. The van der Waals surface area contributed by atoms with E-state index in [-0.39, 0.29) is 11.8 Å². The predicted molar refractivity (Wildman–Crippen MR) is 78.6 cm³/mol. The van der Waals surface area contributed by atoms with Gasteiger partial charge in [0.25, 0.3) is 5.91 Å². The van der Waals surface area contributed by atoms with Gasteiger partial charge in [0.2, 0.25) is 5.91 Å². The molecule has 1 aromatic rings. The Balaban J connectivity index is 1.95. The molecule has 0 atom stereocenters. The molecule has 1 saturated heterocycles. The lowest BCUT2D eigenvalue weighted by molar-refractivity contribution is -0.132. The third-order valence-corrected chi connectivity index (χ3v) is 3.83. The molecule has 2 amide bonds. The minimum absolute atomic E-state index is 0.0660. The highest BCUT2D eigenvalue weighted by Crippen LogP contribution is 2.11. The maximum absolute atomic E-state index is 12.4. The van der Waals surface area contributed by atoms with E-state index in [0.29, 0.717) is 32.6 Å². The number of nitrogens with zero attached hydrogens (tertiary/aromatic N) is 2. The maximum Gasteiger partial charge on any atom is 0.253 e. The predicted octanol–water partition coefficient (Wildman–Crippen LogP) is 1.94. The first kappa shape index (κ1) is 14.6. The summed E-state index contributed by atoms with van der Waals surface area (Å²) in [6, 6.07) is 7.80. The van der Waals surface area contributed by atoms with Crippen LogP contribution in [0.1, 0.15) is 36.2 Å². The molecule has 4 heteroatoms. The van der Waals surface area contributed by atoms with Gasteiger partial charge in [0, 0.05) is 38.2 Å². The van der Waals surface area contributed by atoms with Gasteiger partial charge in [0.1, 0.15) is 0 Å². The summed E-state index contributed by atoms with van der Waals surface area (Å²) in [7, 11) is 0. The topological polar surface area (TPSA) is 40.6 Å². The highest BCUT2D eigenvalue weighted by Gasteiger charge is 2.23. The molecule has 1 heterocycles. The van der Waals surface area contributed by atoms with E-state index >= 15 is 0 Å². The minimum atomic E-state index is 0.0660. The molecule has 0 N–H and O–H groups in total. The summed E-state index contributed by atoms with van der Waals surface area (Å²) in [6.45, 7) is 6.51. The highest BCUT2D eigenvalue weighted by molar-refractivity contribution is 5.94. The van der Waals surface area contributed by atoms with Gasteiger partial charge in [-0.25, -0.2) is 0 Å². The number of benzene rings is 1. The Bertz CT molecular complexity index is 474. The molecular formula is C16H22N2O2. The fourth-order valence-corrected chi connectivity index (χ4v) is 2.45. The van der Waals surface area contributed by atoms with E-state index in [2.05, 4.69) is 6.92 Å². The van der Waals surface area contributed by atoms with E-state index in [9.17, 15) is 9.59 Å². The van der Waals surface area contributed by atoms with Crippen LogP contribution in [0.3, 0.4) is 0 Å². The molecule has 0 unspecified atom stereocenters. The van der Waals surface area contributed by atoms with Crippen molar-refractivity contribution in [2.24, 2.45) is 0 Å². The molecule has 0 bridgehead atoms. The van der Waals surface area contributed by atoms with Crippen LogP contribution in [0.5, 0.6) is 0 Å². The number of hydrogen-bond acceptors (Lipinski definition) is 2. The Morgan fingerprint density at radius 2 is 1.50 bits per heavy atom. The molecule has 1 fully saturated rings. The van der Waals surface area contributed by atoms with Gasteiger partial charge in [0.15, 0.2) is 0 Å². The molecule has 0 aromatic heterocycles. The van der Waals surface area contributed by atoms with E-state index < -0.39 is 0 Å². The van der Waals surface area contributed by atoms with Crippen molar-refractivity contribution in [3.8, 4) is 0 Å². The quantitative estimate of drug-likeness (QED) is 0.845. The molecule has 108 valence electrons. The Morgan fingerprint density at radius 3 is 2.00 bits per heavy atom. The van der Waals surface area contributed by atoms with Gasteiger partial charge >= 0.3 is 0 Å². The molecule has 0 saturated carbocycles. The standard InChI is InChI=1S/C16H22N2O2/c1-3-13-5-7-14(8-6-13)16(20)18-11-9-17(10-12-18)15(19)4-2/h5-8H,3-4,9-12H2,1-2H3. The van der Waals surface area contributed by atoms with E-state index in [0.717, 1.165) is 12.0 Å². The number of amides is 2. The highest BCUT2D eigenvalue weighted by atomic mass is 16.2. The monoisotopic (exact) mass is 274 g/mol. The van der Waals surface area contributed by atoms with Gasteiger partial charge in [-0.15, -0.1) is 0 Å². The van der Waals surface area contributed by atoms with Gasteiger partial charge in [-0.1, -0.05) is 26.0 Å². The van der Waals surface area contributed by atoms with E-state index in [1.54, 1.807) is 0 Å². The SMILES string of the molecule is CCC(=O)N1CCN(C(=O)c2ccc(CC)cc2)CC1. The lowest BCUT2D eigenvalue weighted by atomic mass is 10.1. The summed E-state index contributed by atoms with van der Waals surface area (Å²) in [6.07, 6.45) is 1.51. The first-order valence-electron chi connectivity index (χ1n) is 7.31. The fourth-order valence-electron chi connectivity index (χ4n) is 2.45. The lowest BCUT2D eigenvalue weighted by Gasteiger charge is -2.34. The molecule has 20 heavy (non-hydrogen) atoms. The van der Waals surface area contributed by atoms with Crippen LogP contribution in [0.15, 0.2) is 24.3 Å². The van der Waals surface area contributed by atoms with Crippen molar-refractivity contribution in [1.29, 1.82) is 0 Å². The average molecular weight is 274 g/mol. The van der Waals surface area contributed by atoms with Crippen molar-refractivity contribution in [2.45, 2.75) is 26.7 Å². The zero-order valence-electron chi connectivity index (χ0n) is 12.3. The first-order valence-corrected chi connectivity index (χ1v) is 7.31. The normalized spacial score (nSPS) is 15.3. The van der Waals surface area contributed by atoms with Crippen molar-refractivity contribution < 1.29 is 9.59 Å². The molecular weight excluding hydrogens is 252 g/mol. The summed E-state index contributed by atoms with van der Waals surface area (Å²) in [5.41, 5.74) is 1.97. The molecule has 0 spiro atoms. The third-order valence-electron chi connectivity index (χ3n) is 3.83. The van der Waals surface area contributed by atoms with E-state index in [4.69, 9.17) is 0 Å². The number of piperazine rings is 1. The van der Waals surface area contributed by atoms with Gasteiger partial charge in [-0.3, -0.25) is 9.59 Å². The van der Waals surface area contributed by atoms with Crippen molar-refractivity contribution >= 4 is 11.8 Å². The summed E-state index contributed by atoms with van der Waals surface area (Å²) in [5, 5.41) is 0. The Kier molecular flexibility index (Phi) is 4.77. The molecule has 0 radical (unpaired) electrons. The van der Waals surface area contributed by atoms with Crippen molar-refractivity contribution in [3.63, 3.8) is 0 Å². The van der Waals surface area contributed by atoms with Crippen LogP contribution in [0.25, 0.3) is 0 Å². The molecule has 2 rings (SSSR count). The van der Waals surface area contributed by atoms with Gasteiger partial charge in [0.05, 0.1) is 0 Å². The van der Waals surface area contributed by atoms with Crippen LogP contribution < -0.4 is 0 Å². The third kappa shape index (κ3) is 3.18. The van der Waals surface area contributed by atoms with Crippen LogP contribution in [0.2, 0.25) is 0 Å². The lowest BCUT2D eigenvalue weighted by Crippen LogP contribution is -2.50. The second-order valence-corrected chi connectivity index (χ2v) is 5.08. The van der Waals surface area contributed by atoms with Gasteiger partial charge in [-0.2, -0.15) is 0 Å². The average Bonchev–Trinajstić information content (AvgIpc) is 2.53. The van der Waals surface area contributed by atoms with E-state index in [1.807, 2.05) is 41.0 Å². The Hall–Kier alpha value is -1.84. The fraction of sp³-hybridized carbons (Fsp3) is 0.500. The zero-order chi connectivity index (χ0) is 14.5. The minimum Gasteiger partial charge on any atom is -0.339 e. The van der Waals surface area contributed by atoms with Crippen molar-refractivity contribution in [1.82, 2.24) is 9.80 Å². The van der Waals surface area contributed by atoms with Crippen LogP contribution in [-0.2, 0) is 11.2 Å². The number of rotatable bonds is 3. The molecule has 1 aliphatic rings. The van der Waals surface area contributed by atoms with Crippen molar-refractivity contribution in [2.75, 3.05) is 26.2 Å². The smallest absolute Gasteiger partial charge is 0.253 e. The summed E-state index contributed by atoms with van der Waals surface area (Å²) < 4.78 is 0. The molecule has 0 aliphatic carbocycles. The summed E-state index contributed by atoms with van der Waals surface area (Å²) in [5.74, 6) is 0.237. The van der Waals surface area contributed by atoms with Crippen LogP contribution in [-0.4, -0.2) is 47.8 Å². The number of carbonyl (C=O) groups is 2. The second kappa shape index (κ2) is 6.55. The van der Waals surface area contributed by atoms with Gasteiger partial charge in [-0.05, 0) is 24.1 Å². The number of hydrogen-bond donors (Lipinski definition) is 0.